The summed E-state index contributed by atoms with van der Waals surface area (Å²) < 4.78 is 1.98. The summed E-state index contributed by atoms with van der Waals surface area (Å²) in [5.74, 6) is 0.0249. The zero-order valence-electron chi connectivity index (χ0n) is 17.1. The number of aromatic nitrogens is 2. The lowest BCUT2D eigenvalue weighted by molar-refractivity contribution is 0.0909. The van der Waals surface area contributed by atoms with E-state index >= 15 is 0 Å². The van der Waals surface area contributed by atoms with Crippen molar-refractivity contribution in [3.8, 4) is 0 Å². The monoisotopic (exact) mass is 408 g/mol. The SMILES string of the molecule is Cc1cc(C)n(Cc2cccc(C(=O)NC3CCN(Cc4cccs4)CC3)c2)n1. The van der Waals surface area contributed by atoms with Crippen LogP contribution in [-0.4, -0.2) is 39.7 Å². The van der Waals surface area contributed by atoms with Gasteiger partial charge in [0.1, 0.15) is 0 Å². The predicted octanol–water partition coefficient (Wildman–Crippen LogP) is 4.00. The summed E-state index contributed by atoms with van der Waals surface area (Å²) in [7, 11) is 0. The van der Waals surface area contributed by atoms with E-state index in [9.17, 15) is 4.79 Å². The maximum absolute atomic E-state index is 12.8. The lowest BCUT2D eigenvalue weighted by atomic mass is 10.0. The Morgan fingerprint density at radius 3 is 2.66 bits per heavy atom. The number of carbonyl (C=O) groups excluding carboxylic acids is 1. The van der Waals surface area contributed by atoms with Crippen molar-refractivity contribution in [2.45, 2.75) is 45.8 Å². The van der Waals surface area contributed by atoms with Crippen LogP contribution in [0.5, 0.6) is 0 Å². The highest BCUT2D eigenvalue weighted by molar-refractivity contribution is 7.09. The molecule has 1 amide bonds. The van der Waals surface area contributed by atoms with E-state index in [0.29, 0.717) is 6.54 Å². The molecule has 4 rings (SSSR count). The molecule has 0 unspecified atom stereocenters. The minimum Gasteiger partial charge on any atom is -0.349 e. The van der Waals surface area contributed by atoms with Gasteiger partial charge in [-0.1, -0.05) is 18.2 Å². The number of rotatable bonds is 6. The van der Waals surface area contributed by atoms with Crippen molar-refractivity contribution in [2.75, 3.05) is 13.1 Å². The first-order chi connectivity index (χ1) is 14.1. The lowest BCUT2D eigenvalue weighted by Gasteiger charge is -2.32. The second-order valence-corrected chi connectivity index (χ2v) is 8.92. The molecule has 152 valence electrons. The van der Waals surface area contributed by atoms with Crippen LogP contribution in [0.3, 0.4) is 0 Å². The Labute approximate surface area is 176 Å². The third kappa shape index (κ3) is 5.14. The van der Waals surface area contributed by atoms with Crippen molar-refractivity contribution in [1.82, 2.24) is 20.0 Å². The molecule has 0 bridgehead atoms. The van der Waals surface area contributed by atoms with Crippen LogP contribution < -0.4 is 5.32 Å². The summed E-state index contributed by atoms with van der Waals surface area (Å²) in [4.78, 5) is 16.7. The van der Waals surface area contributed by atoms with Crippen molar-refractivity contribution in [3.05, 3.63) is 75.2 Å². The molecular formula is C23H28N4OS. The number of likely N-dealkylation sites (tertiary alicyclic amines) is 1. The Hall–Kier alpha value is -2.44. The van der Waals surface area contributed by atoms with Gasteiger partial charge in [0.2, 0.25) is 0 Å². The van der Waals surface area contributed by atoms with E-state index in [-0.39, 0.29) is 11.9 Å². The maximum Gasteiger partial charge on any atom is 0.251 e. The van der Waals surface area contributed by atoms with Crippen molar-refractivity contribution >= 4 is 17.2 Å². The Balaban J connectivity index is 1.31. The quantitative estimate of drug-likeness (QED) is 0.671. The van der Waals surface area contributed by atoms with Crippen LogP contribution >= 0.6 is 11.3 Å². The van der Waals surface area contributed by atoms with Crippen molar-refractivity contribution < 1.29 is 4.79 Å². The number of carbonyl (C=O) groups is 1. The van der Waals surface area contributed by atoms with Crippen molar-refractivity contribution in [3.63, 3.8) is 0 Å². The Morgan fingerprint density at radius 1 is 1.14 bits per heavy atom. The highest BCUT2D eigenvalue weighted by Gasteiger charge is 2.21. The molecule has 1 saturated heterocycles. The van der Waals surface area contributed by atoms with E-state index in [2.05, 4.69) is 51.9 Å². The molecule has 29 heavy (non-hydrogen) atoms. The van der Waals surface area contributed by atoms with E-state index < -0.39 is 0 Å². The van der Waals surface area contributed by atoms with Crippen LogP contribution in [-0.2, 0) is 13.1 Å². The largest absolute Gasteiger partial charge is 0.349 e. The van der Waals surface area contributed by atoms with Gasteiger partial charge in [-0.3, -0.25) is 14.4 Å². The van der Waals surface area contributed by atoms with E-state index in [0.717, 1.165) is 55.0 Å². The molecular weight excluding hydrogens is 380 g/mol. The van der Waals surface area contributed by atoms with Crippen LogP contribution in [0.25, 0.3) is 0 Å². The standard InChI is InChI=1S/C23H28N4OS/c1-17-13-18(2)27(25-17)15-19-5-3-6-20(14-19)23(28)24-21-8-10-26(11-9-21)16-22-7-4-12-29-22/h3-7,12-14,21H,8-11,15-16H2,1-2H3,(H,24,28). The van der Waals surface area contributed by atoms with Gasteiger partial charge in [0.15, 0.2) is 0 Å². The van der Waals surface area contributed by atoms with E-state index in [1.54, 1.807) is 0 Å². The number of thiophene rings is 1. The molecule has 3 aromatic rings. The average molecular weight is 409 g/mol. The summed E-state index contributed by atoms with van der Waals surface area (Å²) in [6, 6.07) is 14.5. The summed E-state index contributed by atoms with van der Waals surface area (Å²) in [6.45, 7) is 7.82. The fourth-order valence-electron chi connectivity index (χ4n) is 3.95. The van der Waals surface area contributed by atoms with Crippen LogP contribution in [0.2, 0.25) is 0 Å². The Kier molecular flexibility index (Phi) is 6.11. The zero-order valence-corrected chi connectivity index (χ0v) is 17.9. The number of hydrogen-bond donors (Lipinski definition) is 1. The lowest BCUT2D eigenvalue weighted by Crippen LogP contribution is -2.44. The highest BCUT2D eigenvalue weighted by Crippen LogP contribution is 2.17. The maximum atomic E-state index is 12.8. The van der Waals surface area contributed by atoms with Crippen LogP contribution in [0, 0.1) is 13.8 Å². The minimum absolute atomic E-state index is 0.0249. The molecule has 1 aliphatic rings. The van der Waals surface area contributed by atoms with Gasteiger partial charge in [-0.2, -0.15) is 5.10 Å². The molecule has 6 heteroatoms. The molecule has 1 aliphatic heterocycles. The number of benzene rings is 1. The van der Waals surface area contributed by atoms with Crippen molar-refractivity contribution in [1.29, 1.82) is 0 Å². The number of amides is 1. The fraction of sp³-hybridized carbons (Fsp3) is 0.391. The first kappa shape index (κ1) is 19.9. The first-order valence-corrected chi connectivity index (χ1v) is 11.1. The number of piperidine rings is 1. The number of nitrogens with zero attached hydrogens (tertiary/aromatic N) is 3. The topological polar surface area (TPSA) is 50.2 Å². The summed E-state index contributed by atoms with van der Waals surface area (Å²) >= 11 is 1.81. The van der Waals surface area contributed by atoms with Gasteiger partial charge in [-0.15, -0.1) is 11.3 Å². The van der Waals surface area contributed by atoms with E-state index in [4.69, 9.17) is 0 Å². The third-order valence-corrected chi connectivity index (χ3v) is 6.37. The molecule has 3 heterocycles. The van der Waals surface area contributed by atoms with Gasteiger partial charge >= 0.3 is 0 Å². The van der Waals surface area contributed by atoms with Crippen LogP contribution in [0.4, 0.5) is 0 Å². The van der Waals surface area contributed by atoms with E-state index in [1.807, 2.05) is 41.1 Å². The Morgan fingerprint density at radius 2 is 1.97 bits per heavy atom. The van der Waals surface area contributed by atoms with Gasteiger partial charge < -0.3 is 5.32 Å². The average Bonchev–Trinajstić information content (AvgIpc) is 3.33. The number of hydrogen-bond acceptors (Lipinski definition) is 4. The van der Waals surface area contributed by atoms with Gasteiger partial charge in [0.05, 0.1) is 12.2 Å². The van der Waals surface area contributed by atoms with Gasteiger partial charge in [0, 0.05) is 41.8 Å². The summed E-state index contributed by atoms with van der Waals surface area (Å²) in [5, 5.41) is 9.89. The second kappa shape index (κ2) is 8.93. The molecule has 0 saturated carbocycles. The highest BCUT2D eigenvalue weighted by atomic mass is 32.1. The van der Waals surface area contributed by atoms with Gasteiger partial charge in [0.25, 0.3) is 5.91 Å². The molecule has 1 fully saturated rings. The summed E-state index contributed by atoms with van der Waals surface area (Å²) in [6.07, 6.45) is 2.01. The molecule has 0 aliphatic carbocycles. The van der Waals surface area contributed by atoms with Crippen molar-refractivity contribution in [2.24, 2.45) is 0 Å². The predicted molar refractivity (Wildman–Crippen MR) is 117 cm³/mol. The van der Waals surface area contributed by atoms with Gasteiger partial charge in [-0.25, -0.2) is 0 Å². The molecule has 0 spiro atoms. The van der Waals surface area contributed by atoms with Crippen LogP contribution in [0.15, 0.2) is 47.8 Å². The fourth-order valence-corrected chi connectivity index (χ4v) is 4.69. The number of nitrogens with one attached hydrogen (secondary N) is 1. The molecule has 0 atom stereocenters. The molecule has 1 aromatic carbocycles. The summed E-state index contributed by atoms with van der Waals surface area (Å²) in [5.41, 5.74) is 3.97. The molecule has 5 nitrogen and oxygen atoms in total. The molecule has 2 aromatic heterocycles. The first-order valence-electron chi connectivity index (χ1n) is 10.2. The smallest absolute Gasteiger partial charge is 0.251 e. The normalized spacial score (nSPS) is 15.5. The van der Waals surface area contributed by atoms with Crippen LogP contribution in [0.1, 0.15) is 45.0 Å². The molecule has 1 N–H and O–H groups in total. The minimum atomic E-state index is 0.0249. The third-order valence-electron chi connectivity index (χ3n) is 5.51. The second-order valence-electron chi connectivity index (χ2n) is 7.89. The van der Waals surface area contributed by atoms with E-state index in [1.165, 1.54) is 4.88 Å². The Bertz CT molecular complexity index is 955. The van der Waals surface area contributed by atoms with Gasteiger partial charge in [-0.05, 0) is 61.9 Å². The zero-order chi connectivity index (χ0) is 20.2. The number of aryl methyl sites for hydroxylation is 2. The molecule has 0 radical (unpaired) electrons.